The molecule has 68 valence electrons. The van der Waals surface area contributed by atoms with Gasteiger partial charge in [-0.2, -0.15) is 23.3 Å². The van der Waals surface area contributed by atoms with Crippen LogP contribution in [-0.2, 0) is 14.6 Å². The first kappa shape index (κ1) is 10.8. The van der Waals surface area contributed by atoms with Gasteiger partial charge in [-0.3, -0.25) is 0 Å². The molecule has 0 aliphatic carbocycles. The Hall–Kier alpha value is -0.170. The van der Waals surface area contributed by atoms with Gasteiger partial charge in [0.15, 0.2) is 0 Å². The lowest BCUT2D eigenvalue weighted by Gasteiger charge is -2.01. The first-order valence-corrected chi connectivity index (χ1v) is 4.91. The van der Waals surface area contributed by atoms with Gasteiger partial charge in [-0.1, -0.05) is 19.8 Å². The number of nitrogens with one attached hydrogen (secondary N) is 1. The molecule has 0 unspecified atom stereocenters. The summed E-state index contributed by atoms with van der Waals surface area (Å²) in [4.78, 5) is 0. The largest absolute Gasteiger partial charge is 0.351 e. The molecule has 0 bridgehead atoms. The fourth-order valence-electron chi connectivity index (χ4n) is 0.606. The summed E-state index contributed by atoms with van der Waals surface area (Å²) in [5.74, 6) is 4.47. The Kier molecular flexibility index (Phi) is 5.39. The van der Waals surface area contributed by atoms with Crippen molar-refractivity contribution >= 4 is 10.3 Å². The Morgan fingerprint density at radius 3 is 2.55 bits per heavy atom. The van der Waals surface area contributed by atoms with E-state index in [-0.39, 0.29) is 0 Å². The summed E-state index contributed by atoms with van der Waals surface area (Å²) in [6.45, 7) is 2.42. The topological polar surface area (TPSA) is 81.4 Å². The number of nitrogens with two attached hydrogens (primary N) is 1. The zero-order chi connectivity index (χ0) is 8.74. The third-order valence-electron chi connectivity index (χ3n) is 1.19. The van der Waals surface area contributed by atoms with Gasteiger partial charge in [0, 0.05) is 6.54 Å². The van der Waals surface area contributed by atoms with Crippen LogP contribution in [0.3, 0.4) is 0 Å². The van der Waals surface area contributed by atoms with E-state index in [2.05, 4.69) is 14.9 Å². The van der Waals surface area contributed by atoms with Crippen molar-refractivity contribution in [2.75, 3.05) is 6.54 Å². The van der Waals surface area contributed by atoms with E-state index in [1.54, 1.807) is 0 Å². The molecule has 0 aliphatic heterocycles. The van der Waals surface area contributed by atoms with Gasteiger partial charge in [0.1, 0.15) is 0 Å². The van der Waals surface area contributed by atoms with E-state index in [1.165, 1.54) is 0 Å². The Labute approximate surface area is 67.1 Å². The van der Waals surface area contributed by atoms with E-state index in [0.29, 0.717) is 6.54 Å². The monoisotopic (exact) mass is 182 g/mol. The average Bonchev–Trinajstić information content (AvgIpc) is 1.99. The van der Waals surface area contributed by atoms with E-state index in [4.69, 9.17) is 0 Å². The summed E-state index contributed by atoms with van der Waals surface area (Å²) in [6, 6.07) is 0. The van der Waals surface area contributed by atoms with Crippen LogP contribution in [0.2, 0.25) is 0 Å². The van der Waals surface area contributed by atoms with E-state index in [0.717, 1.165) is 19.3 Å². The van der Waals surface area contributed by atoms with Crippen LogP contribution in [0, 0.1) is 0 Å². The summed E-state index contributed by atoms with van der Waals surface area (Å²) in [6.07, 6.45) is 2.84. The van der Waals surface area contributed by atoms with Crippen LogP contribution >= 0.6 is 0 Å². The molecule has 5 nitrogen and oxygen atoms in total. The summed E-state index contributed by atoms with van der Waals surface area (Å²) in [5, 5.41) is 0. The molecule has 0 saturated carbocycles. The van der Waals surface area contributed by atoms with Crippen molar-refractivity contribution in [1.29, 1.82) is 0 Å². The van der Waals surface area contributed by atoms with Gasteiger partial charge >= 0.3 is 10.3 Å². The number of unbranched alkanes of at least 4 members (excludes halogenated alkanes) is 2. The lowest BCUT2D eigenvalue weighted by atomic mass is 10.3. The number of hydrogen-bond acceptors (Lipinski definition) is 4. The first-order chi connectivity index (χ1) is 5.12. The molecular weight excluding hydrogens is 168 g/mol. The molecule has 6 heteroatoms. The summed E-state index contributed by atoms with van der Waals surface area (Å²) < 4.78 is 26.9. The second-order valence-corrected chi connectivity index (χ2v) is 3.54. The molecule has 0 atom stereocenters. The van der Waals surface area contributed by atoms with Crippen molar-refractivity contribution in [2.45, 2.75) is 26.2 Å². The lowest BCUT2D eigenvalue weighted by molar-refractivity contribution is 0.324. The Balaban J connectivity index is 3.39. The molecule has 0 aliphatic rings. The Morgan fingerprint density at radius 2 is 2.09 bits per heavy atom. The van der Waals surface area contributed by atoms with Crippen molar-refractivity contribution in [2.24, 2.45) is 5.90 Å². The molecule has 0 radical (unpaired) electrons. The predicted octanol–water partition coefficient (Wildman–Crippen LogP) is -0.0987. The third kappa shape index (κ3) is 6.24. The molecule has 0 aromatic carbocycles. The minimum atomic E-state index is -3.67. The molecular formula is C5H14N2O3S. The van der Waals surface area contributed by atoms with Crippen LogP contribution in [0.4, 0.5) is 0 Å². The minimum Gasteiger partial charge on any atom is -0.196 e. The molecule has 0 amide bonds. The fraction of sp³-hybridized carbons (Fsp3) is 1.00. The molecule has 0 aromatic rings. The highest BCUT2D eigenvalue weighted by Gasteiger charge is 2.05. The van der Waals surface area contributed by atoms with Gasteiger partial charge in [0.25, 0.3) is 0 Å². The fourth-order valence-corrected chi connectivity index (χ4v) is 1.07. The van der Waals surface area contributed by atoms with Crippen LogP contribution in [0.5, 0.6) is 0 Å². The normalized spacial score (nSPS) is 11.8. The maximum atomic E-state index is 10.5. The highest BCUT2D eigenvalue weighted by Crippen LogP contribution is 1.92. The maximum absolute atomic E-state index is 10.5. The quantitative estimate of drug-likeness (QED) is 0.444. The Bertz CT molecular complexity index is 178. The second kappa shape index (κ2) is 5.48. The van der Waals surface area contributed by atoms with Crippen LogP contribution < -0.4 is 10.6 Å². The van der Waals surface area contributed by atoms with Gasteiger partial charge in [-0.05, 0) is 6.42 Å². The van der Waals surface area contributed by atoms with E-state index >= 15 is 0 Å². The lowest BCUT2D eigenvalue weighted by Crippen LogP contribution is -2.28. The average molecular weight is 182 g/mol. The van der Waals surface area contributed by atoms with E-state index < -0.39 is 10.3 Å². The van der Waals surface area contributed by atoms with Crippen LogP contribution in [0.15, 0.2) is 0 Å². The van der Waals surface area contributed by atoms with Crippen LogP contribution in [0.25, 0.3) is 0 Å². The van der Waals surface area contributed by atoms with Crippen molar-refractivity contribution in [1.82, 2.24) is 4.72 Å². The standard InChI is InChI=1S/C5H14N2O3S/c1-2-3-4-5-7-11(8,9)10-6/h7H,2-6H2,1H3. The minimum absolute atomic E-state index is 0.382. The van der Waals surface area contributed by atoms with Gasteiger partial charge < -0.3 is 0 Å². The molecule has 0 fully saturated rings. The number of hydrogen-bond donors (Lipinski definition) is 2. The number of rotatable bonds is 6. The highest BCUT2D eigenvalue weighted by atomic mass is 32.2. The van der Waals surface area contributed by atoms with Crippen LogP contribution in [-0.4, -0.2) is 15.0 Å². The highest BCUT2D eigenvalue weighted by molar-refractivity contribution is 7.84. The smallest absolute Gasteiger partial charge is 0.196 e. The van der Waals surface area contributed by atoms with Crippen molar-refractivity contribution in [3.63, 3.8) is 0 Å². The van der Waals surface area contributed by atoms with Gasteiger partial charge in [-0.25, -0.2) is 0 Å². The zero-order valence-corrected chi connectivity index (χ0v) is 7.36. The molecule has 0 aromatic heterocycles. The molecule has 0 spiro atoms. The zero-order valence-electron chi connectivity index (χ0n) is 6.54. The van der Waals surface area contributed by atoms with E-state index in [9.17, 15) is 8.42 Å². The Morgan fingerprint density at radius 1 is 1.45 bits per heavy atom. The van der Waals surface area contributed by atoms with Crippen molar-refractivity contribution in [3.05, 3.63) is 0 Å². The third-order valence-corrected chi connectivity index (χ3v) is 2.00. The van der Waals surface area contributed by atoms with Crippen LogP contribution in [0.1, 0.15) is 26.2 Å². The van der Waals surface area contributed by atoms with Gasteiger partial charge in [-0.15, -0.1) is 0 Å². The molecule has 0 saturated heterocycles. The molecule has 11 heavy (non-hydrogen) atoms. The van der Waals surface area contributed by atoms with Gasteiger partial charge in [0.05, 0.1) is 0 Å². The summed E-state index contributed by atoms with van der Waals surface area (Å²) in [7, 11) is -3.67. The van der Waals surface area contributed by atoms with E-state index in [1.807, 2.05) is 6.92 Å². The first-order valence-electron chi connectivity index (χ1n) is 3.50. The molecule has 0 rings (SSSR count). The second-order valence-electron chi connectivity index (χ2n) is 2.15. The molecule has 0 heterocycles. The summed E-state index contributed by atoms with van der Waals surface area (Å²) in [5.41, 5.74) is 0. The summed E-state index contributed by atoms with van der Waals surface area (Å²) >= 11 is 0. The van der Waals surface area contributed by atoms with Crippen molar-refractivity contribution < 1.29 is 12.7 Å². The van der Waals surface area contributed by atoms with Gasteiger partial charge in [0.2, 0.25) is 0 Å². The van der Waals surface area contributed by atoms with Crippen molar-refractivity contribution in [3.8, 4) is 0 Å². The SMILES string of the molecule is CCCCCNS(=O)(=O)ON. The molecule has 3 N–H and O–H groups in total. The maximum Gasteiger partial charge on any atom is 0.351 e. The predicted molar refractivity (Wildman–Crippen MR) is 41.7 cm³/mol.